The highest BCUT2D eigenvalue weighted by Gasteiger charge is 2.52. The lowest BCUT2D eigenvalue weighted by atomic mass is 9.95. The lowest BCUT2D eigenvalue weighted by molar-refractivity contribution is -0.154. The third-order valence-electron chi connectivity index (χ3n) is 3.83. The van der Waals surface area contributed by atoms with Gasteiger partial charge >= 0.3 is 5.97 Å². The van der Waals surface area contributed by atoms with Crippen molar-refractivity contribution >= 4 is 5.97 Å². The van der Waals surface area contributed by atoms with E-state index in [1.807, 2.05) is 0 Å². The van der Waals surface area contributed by atoms with Crippen LogP contribution in [-0.2, 0) is 9.53 Å². The maximum atomic E-state index is 10.9. The molecular weight excluding hydrogens is 218 g/mol. The zero-order valence-corrected chi connectivity index (χ0v) is 10.6. The molecule has 2 rings (SSSR count). The Morgan fingerprint density at radius 3 is 2.59 bits per heavy atom. The second-order valence-electron chi connectivity index (χ2n) is 5.51. The molecule has 2 aliphatic carbocycles. The monoisotopic (exact) mass is 241 g/mol. The van der Waals surface area contributed by atoms with Crippen LogP contribution in [0.15, 0.2) is 0 Å². The molecule has 0 radical (unpaired) electrons. The second-order valence-corrected chi connectivity index (χ2v) is 5.51. The number of ether oxygens (including phenoxy) is 1. The molecule has 0 amide bonds. The van der Waals surface area contributed by atoms with E-state index in [1.54, 1.807) is 0 Å². The SMILES string of the molecule is C[C@H](COC1(C(=O)O)CC1)NC1CCCCC1. The first-order valence-electron chi connectivity index (χ1n) is 6.76. The van der Waals surface area contributed by atoms with Crippen molar-refractivity contribution in [3.8, 4) is 0 Å². The van der Waals surface area contributed by atoms with E-state index in [1.165, 1.54) is 32.1 Å². The Morgan fingerprint density at radius 2 is 2.06 bits per heavy atom. The van der Waals surface area contributed by atoms with Crippen molar-refractivity contribution in [2.24, 2.45) is 0 Å². The van der Waals surface area contributed by atoms with Gasteiger partial charge in [0.1, 0.15) is 0 Å². The number of rotatable bonds is 6. The van der Waals surface area contributed by atoms with Crippen molar-refractivity contribution in [3.63, 3.8) is 0 Å². The van der Waals surface area contributed by atoms with Gasteiger partial charge in [0.2, 0.25) is 0 Å². The van der Waals surface area contributed by atoms with Crippen molar-refractivity contribution in [1.29, 1.82) is 0 Å². The van der Waals surface area contributed by atoms with Gasteiger partial charge in [0.25, 0.3) is 0 Å². The van der Waals surface area contributed by atoms with Gasteiger partial charge in [0.05, 0.1) is 6.61 Å². The maximum Gasteiger partial charge on any atom is 0.335 e. The summed E-state index contributed by atoms with van der Waals surface area (Å²) in [7, 11) is 0. The van der Waals surface area contributed by atoms with Gasteiger partial charge in [-0.05, 0) is 32.6 Å². The van der Waals surface area contributed by atoms with Crippen LogP contribution >= 0.6 is 0 Å². The first-order chi connectivity index (χ1) is 8.12. The van der Waals surface area contributed by atoms with Crippen molar-refractivity contribution in [3.05, 3.63) is 0 Å². The van der Waals surface area contributed by atoms with Gasteiger partial charge in [-0.3, -0.25) is 0 Å². The number of carboxylic acid groups (broad SMARTS) is 1. The molecule has 17 heavy (non-hydrogen) atoms. The van der Waals surface area contributed by atoms with Crippen LogP contribution in [0.25, 0.3) is 0 Å². The zero-order chi connectivity index (χ0) is 12.3. The largest absolute Gasteiger partial charge is 0.479 e. The lowest BCUT2D eigenvalue weighted by Gasteiger charge is -2.27. The van der Waals surface area contributed by atoms with Crippen molar-refractivity contribution in [2.45, 2.75) is 69.6 Å². The minimum Gasteiger partial charge on any atom is -0.479 e. The highest BCUT2D eigenvalue weighted by molar-refractivity contribution is 5.80. The van der Waals surface area contributed by atoms with E-state index in [-0.39, 0.29) is 6.04 Å². The number of aliphatic carboxylic acids is 1. The van der Waals surface area contributed by atoms with Gasteiger partial charge in [0.15, 0.2) is 5.60 Å². The Kier molecular flexibility index (Phi) is 4.05. The first-order valence-corrected chi connectivity index (χ1v) is 6.76. The summed E-state index contributed by atoms with van der Waals surface area (Å²) < 4.78 is 5.54. The van der Waals surface area contributed by atoms with E-state index in [0.29, 0.717) is 25.5 Å². The molecule has 0 aromatic rings. The molecule has 4 heteroatoms. The van der Waals surface area contributed by atoms with Crippen LogP contribution in [-0.4, -0.2) is 35.4 Å². The Hall–Kier alpha value is -0.610. The smallest absolute Gasteiger partial charge is 0.335 e. The lowest BCUT2D eigenvalue weighted by Crippen LogP contribution is -2.42. The minimum atomic E-state index is -0.845. The normalized spacial score (nSPS) is 25.5. The summed E-state index contributed by atoms with van der Waals surface area (Å²) in [5.41, 5.74) is -0.845. The zero-order valence-electron chi connectivity index (χ0n) is 10.6. The van der Waals surface area contributed by atoms with E-state index in [2.05, 4.69) is 12.2 Å². The number of carboxylic acids is 1. The number of carbonyl (C=O) groups is 1. The van der Waals surface area contributed by atoms with E-state index in [9.17, 15) is 4.79 Å². The molecule has 1 atom stereocenters. The molecule has 0 bridgehead atoms. The molecule has 0 spiro atoms. The average Bonchev–Trinajstić information content (AvgIpc) is 3.09. The van der Waals surface area contributed by atoms with E-state index < -0.39 is 11.6 Å². The fourth-order valence-corrected chi connectivity index (χ4v) is 2.54. The third-order valence-corrected chi connectivity index (χ3v) is 3.83. The van der Waals surface area contributed by atoms with Gasteiger partial charge in [-0.15, -0.1) is 0 Å². The summed E-state index contributed by atoms with van der Waals surface area (Å²) in [5, 5.41) is 12.5. The van der Waals surface area contributed by atoms with Crippen molar-refractivity contribution < 1.29 is 14.6 Å². The molecule has 2 aliphatic rings. The van der Waals surface area contributed by atoms with Crippen molar-refractivity contribution in [1.82, 2.24) is 5.32 Å². The summed E-state index contributed by atoms with van der Waals surface area (Å²) in [6.45, 7) is 2.58. The molecular formula is C13H23NO3. The molecule has 0 aromatic heterocycles. The Labute approximate surface area is 103 Å². The summed E-state index contributed by atoms with van der Waals surface area (Å²) in [5.74, 6) is -0.803. The fourth-order valence-electron chi connectivity index (χ4n) is 2.54. The van der Waals surface area contributed by atoms with Crippen LogP contribution in [0.2, 0.25) is 0 Å². The number of hydrogen-bond donors (Lipinski definition) is 2. The second kappa shape index (κ2) is 5.36. The van der Waals surface area contributed by atoms with Crippen LogP contribution < -0.4 is 5.32 Å². The third kappa shape index (κ3) is 3.42. The minimum absolute atomic E-state index is 0.245. The van der Waals surface area contributed by atoms with Gasteiger partial charge < -0.3 is 15.2 Å². The Balaban J connectivity index is 1.67. The number of hydrogen-bond acceptors (Lipinski definition) is 3. The van der Waals surface area contributed by atoms with Crippen LogP contribution in [0, 0.1) is 0 Å². The van der Waals surface area contributed by atoms with Gasteiger partial charge in [-0.1, -0.05) is 19.3 Å². The van der Waals surface area contributed by atoms with Gasteiger partial charge in [-0.2, -0.15) is 0 Å². The molecule has 0 heterocycles. The molecule has 0 unspecified atom stereocenters. The predicted octanol–water partition coefficient (Wildman–Crippen LogP) is 1.93. The molecule has 2 saturated carbocycles. The Bertz CT molecular complexity index is 270. The molecule has 0 aliphatic heterocycles. The van der Waals surface area contributed by atoms with Gasteiger partial charge in [-0.25, -0.2) is 4.79 Å². The standard InChI is InChI=1S/C13H23NO3/c1-10(14-11-5-3-2-4-6-11)9-17-13(7-8-13)12(15)16/h10-11,14H,2-9H2,1H3,(H,15,16)/t10-/m1/s1. The van der Waals surface area contributed by atoms with Crippen LogP contribution in [0.3, 0.4) is 0 Å². The summed E-state index contributed by atoms with van der Waals surface area (Å²) in [6.07, 6.45) is 7.79. The van der Waals surface area contributed by atoms with Crippen molar-refractivity contribution in [2.75, 3.05) is 6.61 Å². The van der Waals surface area contributed by atoms with E-state index in [4.69, 9.17) is 9.84 Å². The van der Waals surface area contributed by atoms with Crippen LogP contribution in [0.1, 0.15) is 51.9 Å². The Morgan fingerprint density at radius 1 is 1.41 bits per heavy atom. The van der Waals surface area contributed by atoms with Crippen LogP contribution in [0.4, 0.5) is 0 Å². The van der Waals surface area contributed by atoms with E-state index in [0.717, 1.165) is 0 Å². The maximum absolute atomic E-state index is 10.9. The van der Waals surface area contributed by atoms with Gasteiger partial charge in [0, 0.05) is 12.1 Å². The van der Waals surface area contributed by atoms with E-state index >= 15 is 0 Å². The molecule has 2 fully saturated rings. The molecule has 0 aromatic carbocycles. The first kappa shape index (κ1) is 12.8. The van der Waals surface area contributed by atoms with Crippen LogP contribution in [0.5, 0.6) is 0 Å². The molecule has 0 saturated heterocycles. The highest BCUT2D eigenvalue weighted by Crippen LogP contribution is 2.39. The molecule has 4 nitrogen and oxygen atoms in total. The summed E-state index contributed by atoms with van der Waals surface area (Å²) in [6, 6.07) is 0.845. The fraction of sp³-hybridized carbons (Fsp3) is 0.923. The highest BCUT2D eigenvalue weighted by atomic mass is 16.5. The molecule has 2 N–H and O–H groups in total. The quantitative estimate of drug-likeness (QED) is 0.746. The molecule has 98 valence electrons. The summed E-state index contributed by atoms with van der Waals surface area (Å²) in [4.78, 5) is 10.9. The number of nitrogens with one attached hydrogen (secondary N) is 1. The topological polar surface area (TPSA) is 58.6 Å². The average molecular weight is 241 g/mol. The summed E-state index contributed by atoms with van der Waals surface area (Å²) >= 11 is 0. The predicted molar refractivity (Wildman–Crippen MR) is 65.0 cm³/mol.